The van der Waals surface area contributed by atoms with Gasteiger partial charge in [0.2, 0.25) is 5.91 Å². The van der Waals surface area contributed by atoms with Crippen LogP contribution < -0.4 is 11.0 Å². The highest BCUT2D eigenvalue weighted by Gasteiger charge is 2.15. The van der Waals surface area contributed by atoms with Gasteiger partial charge in [0.15, 0.2) is 0 Å². The van der Waals surface area contributed by atoms with Crippen molar-refractivity contribution in [1.82, 2.24) is 20.2 Å². The van der Waals surface area contributed by atoms with Gasteiger partial charge in [0.25, 0.3) is 0 Å². The Bertz CT molecular complexity index is 688. The standard InChI is InChI=1S/C15H20N4O2.ClH/c20-14(19-8-6-16-7-9-19)3-1-2-11-4-5-12-13(10-11)18-15(21)17-12;/h4-5,10,16H,1-3,6-9H2,(H2,17,18,21);1H. The largest absolute Gasteiger partial charge is 0.340 e. The summed E-state index contributed by atoms with van der Waals surface area (Å²) in [6.45, 7) is 3.41. The Balaban J connectivity index is 0.00000176. The van der Waals surface area contributed by atoms with Crippen molar-refractivity contribution in [3.8, 4) is 0 Å². The van der Waals surface area contributed by atoms with Gasteiger partial charge < -0.3 is 20.2 Å². The number of aryl methyl sites for hydroxylation is 1. The van der Waals surface area contributed by atoms with Crippen molar-refractivity contribution in [3.05, 3.63) is 34.2 Å². The monoisotopic (exact) mass is 324 g/mol. The molecule has 22 heavy (non-hydrogen) atoms. The number of nitrogens with zero attached hydrogens (tertiary/aromatic N) is 1. The molecular weight excluding hydrogens is 304 g/mol. The molecule has 7 heteroatoms. The van der Waals surface area contributed by atoms with E-state index in [0.29, 0.717) is 6.42 Å². The molecule has 120 valence electrons. The summed E-state index contributed by atoms with van der Waals surface area (Å²) in [5, 5.41) is 3.24. The number of halogens is 1. The number of piperazine rings is 1. The normalized spacial score (nSPS) is 14.8. The Kier molecular flexibility index (Phi) is 5.63. The van der Waals surface area contributed by atoms with Gasteiger partial charge in [-0.2, -0.15) is 0 Å². The highest BCUT2D eigenvalue weighted by atomic mass is 35.5. The summed E-state index contributed by atoms with van der Waals surface area (Å²) >= 11 is 0. The maximum Gasteiger partial charge on any atom is 0.323 e. The third kappa shape index (κ3) is 3.90. The second kappa shape index (κ2) is 7.47. The minimum Gasteiger partial charge on any atom is -0.340 e. The lowest BCUT2D eigenvalue weighted by Crippen LogP contribution is -2.46. The van der Waals surface area contributed by atoms with E-state index in [0.717, 1.165) is 55.6 Å². The third-order valence-corrected chi connectivity index (χ3v) is 3.91. The lowest BCUT2D eigenvalue weighted by molar-refractivity contribution is -0.131. The summed E-state index contributed by atoms with van der Waals surface area (Å²) in [5.74, 6) is 0.243. The summed E-state index contributed by atoms with van der Waals surface area (Å²) in [5.41, 5.74) is 2.61. The van der Waals surface area contributed by atoms with Crippen LogP contribution >= 0.6 is 12.4 Å². The van der Waals surface area contributed by atoms with Crippen molar-refractivity contribution in [3.63, 3.8) is 0 Å². The molecule has 0 atom stereocenters. The van der Waals surface area contributed by atoms with Gasteiger partial charge in [0.05, 0.1) is 11.0 Å². The first-order valence-electron chi connectivity index (χ1n) is 7.42. The highest BCUT2D eigenvalue weighted by molar-refractivity contribution is 5.85. The number of hydrogen-bond acceptors (Lipinski definition) is 3. The third-order valence-electron chi connectivity index (χ3n) is 3.91. The Morgan fingerprint density at radius 1 is 1.14 bits per heavy atom. The molecule has 0 saturated carbocycles. The Morgan fingerprint density at radius 2 is 1.86 bits per heavy atom. The molecule has 3 rings (SSSR count). The van der Waals surface area contributed by atoms with E-state index in [1.165, 1.54) is 0 Å². The first kappa shape index (κ1) is 16.6. The molecule has 0 bridgehead atoms. The molecule has 1 aliphatic rings. The molecule has 1 aromatic heterocycles. The quantitative estimate of drug-likeness (QED) is 0.786. The zero-order chi connectivity index (χ0) is 14.7. The van der Waals surface area contributed by atoms with Gasteiger partial charge in [0, 0.05) is 32.6 Å². The van der Waals surface area contributed by atoms with Gasteiger partial charge in [-0.15, -0.1) is 12.4 Å². The van der Waals surface area contributed by atoms with E-state index in [1.807, 2.05) is 23.1 Å². The molecule has 6 nitrogen and oxygen atoms in total. The van der Waals surface area contributed by atoms with E-state index < -0.39 is 0 Å². The first-order chi connectivity index (χ1) is 10.2. The fourth-order valence-corrected chi connectivity index (χ4v) is 2.75. The highest BCUT2D eigenvalue weighted by Crippen LogP contribution is 2.13. The second-order valence-corrected chi connectivity index (χ2v) is 5.44. The van der Waals surface area contributed by atoms with E-state index in [-0.39, 0.29) is 24.0 Å². The zero-order valence-electron chi connectivity index (χ0n) is 12.4. The van der Waals surface area contributed by atoms with Crippen molar-refractivity contribution in [1.29, 1.82) is 0 Å². The van der Waals surface area contributed by atoms with Gasteiger partial charge in [-0.25, -0.2) is 4.79 Å². The summed E-state index contributed by atoms with van der Waals surface area (Å²) in [6, 6.07) is 5.88. The van der Waals surface area contributed by atoms with E-state index >= 15 is 0 Å². The molecular formula is C15H21ClN4O2. The van der Waals surface area contributed by atoms with Crippen molar-refractivity contribution >= 4 is 29.3 Å². The maximum absolute atomic E-state index is 12.0. The summed E-state index contributed by atoms with van der Waals surface area (Å²) in [6.07, 6.45) is 2.27. The number of aromatic nitrogens is 2. The molecule has 3 N–H and O–H groups in total. The summed E-state index contributed by atoms with van der Waals surface area (Å²) < 4.78 is 0. The molecule has 0 unspecified atom stereocenters. The van der Waals surface area contributed by atoms with Crippen LogP contribution in [-0.4, -0.2) is 47.0 Å². The van der Waals surface area contributed by atoms with Gasteiger partial charge in [0.1, 0.15) is 0 Å². The number of carbonyl (C=O) groups is 1. The number of fused-ring (bicyclic) bond motifs is 1. The number of rotatable bonds is 4. The Morgan fingerprint density at radius 3 is 2.64 bits per heavy atom. The number of H-pyrrole nitrogens is 2. The molecule has 1 saturated heterocycles. The van der Waals surface area contributed by atoms with Crippen molar-refractivity contribution in [2.24, 2.45) is 0 Å². The molecule has 1 aliphatic heterocycles. The maximum atomic E-state index is 12.0. The molecule has 1 aromatic carbocycles. The number of carbonyl (C=O) groups excluding carboxylic acids is 1. The molecule has 2 aromatic rings. The number of aromatic amines is 2. The molecule has 1 amide bonds. The fraction of sp³-hybridized carbons (Fsp3) is 0.467. The van der Waals surface area contributed by atoms with E-state index in [4.69, 9.17) is 0 Å². The van der Waals surface area contributed by atoms with Gasteiger partial charge in [-0.1, -0.05) is 6.07 Å². The Hall–Kier alpha value is -1.79. The van der Waals surface area contributed by atoms with E-state index in [2.05, 4.69) is 15.3 Å². The SMILES string of the molecule is Cl.O=C(CCCc1ccc2[nH]c(=O)[nH]c2c1)N1CCNCC1. The van der Waals surface area contributed by atoms with Gasteiger partial charge >= 0.3 is 5.69 Å². The predicted molar refractivity (Wildman–Crippen MR) is 88.6 cm³/mol. The first-order valence-corrected chi connectivity index (χ1v) is 7.42. The number of nitrogens with one attached hydrogen (secondary N) is 3. The number of benzene rings is 1. The number of amides is 1. The lowest BCUT2D eigenvalue weighted by Gasteiger charge is -2.27. The molecule has 0 spiro atoms. The van der Waals surface area contributed by atoms with E-state index in [9.17, 15) is 9.59 Å². The average Bonchev–Trinajstić information content (AvgIpc) is 2.87. The zero-order valence-corrected chi connectivity index (χ0v) is 13.2. The van der Waals surface area contributed by atoms with E-state index in [1.54, 1.807) is 0 Å². The van der Waals surface area contributed by atoms with Crippen LogP contribution in [0.3, 0.4) is 0 Å². The van der Waals surface area contributed by atoms with Crippen LogP contribution in [0.25, 0.3) is 11.0 Å². The van der Waals surface area contributed by atoms with Crippen LogP contribution in [-0.2, 0) is 11.2 Å². The van der Waals surface area contributed by atoms with Crippen molar-refractivity contribution in [2.45, 2.75) is 19.3 Å². The summed E-state index contributed by atoms with van der Waals surface area (Å²) in [4.78, 5) is 30.7. The average molecular weight is 325 g/mol. The van der Waals surface area contributed by atoms with Crippen LogP contribution in [0.2, 0.25) is 0 Å². The van der Waals surface area contributed by atoms with Crippen LogP contribution in [0.4, 0.5) is 0 Å². The van der Waals surface area contributed by atoms with Crippen LogP contribution in [0.1, 0.15) is 18.4 Å². The van der Waals surface area contributed by atoms with Crippen LogP contribution in [0.5, 0.6) is 0 Å². The van der Waals surface area contributed by atoms with Crippen LogP contribution in [0, 0.1) is 0 Å². The second-order valence-electron chi connectivity index (χ2n) is 5.44. The van der Waals surface area contributed by atoms with Crippen LogP contribution in [0.15, 0.2) is 23.0 Å². The number of hydrogen-bond donors (Lipinski definition) is 3. The molecule has 1 fully saturated rings. The molecule has 0 radical (unpaired) electrons. The predicted octanol–water partition coefficient (Wildman–Crippen LogP) is 1.03. The van der Waals surface area contributed by atoms with Crippen molar-refractivity contribution < 1.29 is 4.79 Å². The summed E-state index contributed by atoms with van der Waals surface area (Å²) in [7, 11) is 0. The number of imidazole rings is 1. The Labute approximate surface area is 134 Å². The molecule has 0 aliphatic carbocycles. The van der Waals surface area contributed by atoms with Gasteiger partial charge in [-0.3, -0.25) is 4.79 Å². The van der Waals surface area contributed by atoms with Gasteiger partial charge in [-0.05, 0) is 30.5 Å². The lowest BCUT2D eigenvalue weighted by atomic mass is 10.1. The fourth-order valence-electron chi connectivity index (χ4n) is 2.75. The minimum absolute atomic E-state index is 0. The smallest absolute Gasteiger partial charge is 0.323 e. The van der Waals surface area contributed by atoms with Crippen molar-refractivity contribution in [2.75, 3.05) is 26.2 Å². The topological polar surface area (TPSA) is 81.0 Å². The minimum atomic E-state index is -0.184. The molecule has 2 heterocycles.